The highest BCUT2D eigenvalue weighted by Gasteiger charge is 2.38. The number of ether oxygens (including phenoxy) is 2. The molecule has 0 radical (unpaired) electrons. The molecule has 6 aromatic rings. The quantitative estimate of drug-likeness (QED) is 0.0917. The number of hydrogen-bond acceptors (Lipinski definition) is 7. The van der Waals surface area contributed by atoms with Crippen LogP contribution in [0.1, 0.15) is 61.7 Å². The van der Waals surface area contributed by atoms with E-state index in [0.717, 1.165) is 38.9 Å². The van der Waals surface area contributed by atoms with Crippen LogP contribution >= 0.6 is 7.60 Å². The predicted molar refractivity (Wildman–Crippen MR) is 204 cm³/mol. The number of alkyl halides is 2. The van der Waals surface area contributed by atoms with Gasteiger partial charge >= 0.3 is 19.7 Å². The van der Waals surface area contributed by atoms with Gasteiger partial charge in [0.2, 0.25) is 0 Å². The molecule has 1 N–H and O–H groups in total. The van der Waals surface area contributed by atoms with Gasteiger partial charge in [-0.25, -0.2) is 14.0 Å². The van der Waals surface area contributed by atoms with Crippen molar-refractivity contribution in [2.75, 3.05) is 0 Å². The van der Waals surface area contributed by atoms with Crippen LogP contribution in [0.2, 0.25) is 0 Å². The lowest BCUT2D eigenvalue weighted by Gasteiger charge is -2.36. The maximum absolute atomic E-state index is 13.1. The van der Waals surface area contributed by atoms with Crippen LogP contribution < -0.4 is 9.26 Å². The van der Waals surface area contributed by atoms with Gasteiger partial charge in [0.1, 0.15) is 28.2 Å². The SMILES string of the molecule is CC(C)Oc1cc(-c2ccc(CC(Cc3ccc(OP(=O)(O)C(F)F)cc3)(c3ccccc3)n3nnc4ccccc43)cc2)ccc1C(=O)OC(C)(C)C. The molecule has 0 saturated carbocycles. The van der Waals surface area contributed by atoms with Gasteiger partial charge in [0, 0.05) is 12.8 Å². The Morgan fingerprint density at radius 2 is 1.41 bits per heavy atom. The molecule has 0 fully saturated rings. The van der Waals surface area contributed by atoms with Crippen molar-refractivity contribution in [2.24, 2.45) is 0 Å². The molecule has 5 aromatic carbocycles. The topological polar surface area (TPSA) is 113 Å². The second kappa shape index (κ2) is 15.5. The lowest BCUT2D eigenvalue weighted by Crippen LogP contribution is -2.40. The Labute approximate surface area is 313 Å². The third-order valence-corrected chi connectivity index (χ3v) is 9.68. The Morgan fingerprint density at radius 1 is 0.815 bits per heavy atom. The summed E-state index contributed by atoms with van der Waals surface area (Å²) in [6.45, 7) is 9.27. The van der Waals surface area contributed by atoms with E-state index >= 15 is 0 Å². The van der Waals surface area contributed by atoms with Crippen LogP contribution in [0.4, 0.5) is 8.78 Å². The molecule has 0 bridgehead atoms. The van der Waals surface area contributed by atoms with Crippen molar-refractivity contribution >= 4 is 24.6 Å². The van der Waals surface area contributed by atoms with Crippen molar-refractivity contribution in [1.29, 1.82) is 0 Å². The van der Waals surface area contributed by atoms with Crippen molar-refractivity contribution in [2.45, 2.75) is 70.9 Å². The zero-order valence-corrected chi connectivity index (χ0v) is 31.5. The van der Waals surface area contributed by atoms with Gasteiger partial charge in [0.15, 0.2) is 0 Å². The highest BCUT2D eigenvalue weighted by molar-refractivity contribution is 7.53. The molecule has 280 valence electrons. The zero-order chi connectivity index (χ0) is 38.7. The van der Waals surface area contributed by atoms with Crippen molar-refractivity contribution in [3.63, 3.8) is 0 Å². The Bertz CT molecular complexity index is 2270. The van der Waals surface area contributed by atoms with E-state index in [9.17, 15) is 23.0 Å². The fourth-order valence-corrected chi connectivity index (χ4v) is 6.88. The summed E-state index contributed by atoms with van der Waals surface area (Å²) in [4.78, 5) is 22.6. The summed E-state index contributed by atoms with van der Waals surface area (Å²) in [7, 11) is -5.14. The number of carbonyl (C=O) groups is 1. The van der Waals surface area contributed by atoms with Crippen LogP contribution in [0, 0.1) is 0 Å². The number of rotatable bonds is 13. The summed E-state index contributed by atoms with van der Waals surface area (Å²) in [5.41, 5.74) is 4.91. The molecule has 9 nitrogen and oxygen atoms in total. The Hall–Kier alpha value is -5.38. The van der Waals surface area contributed by atoms with Gasteiger partial charge in [-0.2, -0.15) is 8.78 Å². The van der Waals surface area contributed by atoms with Crippen molar-refractivity contribution in [1.82, 2.24) is 15.0 Å². The Kier molecular flexibility index (Phi) is 11.0. The number of fused-ring (bicyclic) bond motifs is 1. The smallest absolute Gasteiger partial charge is 0.442 e. The molecule has 12 heteroatoms. The van der Waals surface area contributed by atoms with Crippen molar-refractivity contribution in [3.05, 3.63) is 144 Å². The van der Waals surface area contributed by atoms with Crippen molar-refractivity contribution in [3.8, 4) is 22.6 Å². The van der Waals surface area contributed by atoms with Gasteiger partial charge in [-0.1, -0.05) is 90.1 Å². The summed E-state index contributed by atoms with van der Waals surface area (Å²) < 4.78 is 56.4. The molecule has 1 heterocycles. The highest BCUT2D eigenvalue weighted by atomic mass is 31.2. The van der Waals surface area contributed by atoms with Gasteiger partial charge in [0.25, 0.3) is 0 Å². The number of nitrogens with zero attached hydrogens (tertiary/aromatic N) is 3. The van der Waals surface area contributed by atoms with Gasteiger partial charge < -0.3 is 18.9 Å². The first-order valence-corrected chi connectivity index (χ1v) is 19.2. The average Bonchev–Trinajstić information content (AvgIpc) is 3.56. The molecule has 0 aliphatic carbocycles. The van der Waals surface area contributed by atoms with Crippen LogP contribution in [0.5, 0.6) is 11.5 Å². The third-order valence-electron chi connectivity index (χ3n) is 8.72. The summed E-state index contributed by atoms with van der Waals surface area (Å²) in [5.74, 6) is -0.158. The Morgan fingerprint density at radius 3 is 2.02 bits per heavy atom. The number of esters is 1. The van der Waals surface area contributed by atoms with E-state index in [1.807, 2.05) is 118 Å². The van der Waals surface area contributed by atoms with E-state index in [1.54, 1.807) is 18.2 Å². The van der Waals surface area contributed by atoms with E-state index in [1.165, 1.54) is 12.1 Å². The first kappa shape index (κ1) is 38.3. The molecule has 2 atom stereocenters. The normalized spacial score (nSPS) is 14.1. The summed E-state index contributed by atoms with van der Waals surface area (Å²) in [5, 5.41) is 9.21. The van der Waals surface area contributed by atoms with Gasteiger partial charge in [-0.05, 0) is 98.8 Å². The average molecular weight is 754 g/mol. The number of carbonyl (C=O) groups excluding carboxylic acids is 1. The van der Waals surface area contributed by atoms with Crippen molar-refractivity contribution < 1.29 is 37.0 Å². The van der Waals surface area contributed by atoms with Crippen LogP contribution in [0.25, 0.3) is 22.2 Å². The molecule has 0 spiro atoms. The van der Waals surface area contributed by atoms with Crippen LogP contribution in [0.3, 0.4) is 0 Å². The first-order chi connectivity index (χ1) is 25.6. The van der Waals surface area contributed by atoms with Gasteiger partial charge in [-0.3, -0.25) is 0 Å². The largest absolute Gasteiger partial charge is 0.490 e. The molecule has 0 aliphatic heterocycles. The van der Waals surface area contributed by atoms with E-state index < -0.39 is 30.9 Å². The summed E-state index contributed by atoms with van der Waals surface area (Å²) >= 11 is 0. The van der Waals surface area contributed by atoms with Crippen LogP contribution in [0.15, 0.2) is 121 Å². The third kappa shape index (κ3) is 8.70. The van der Waals surface area contributed by atoms with Gasteiger partial charge in [-0.15, -0.1) is 5.10 Å². The lowest BCUT2D eigenvalue weighted by atomic mass is 9.78. The molecular weight excluding hydrogens is 711 g/mol. The summed E-state index contributed by atoms with van der Waals surface area (Å²) in [6, 6.07) is 37.5. The molecule has 0 amide bonds. The van der Waals surface area contributed by atoms with E-state index in [0.29, 0.717) is 24.2 Å². The summed E-state index contributed by atoms with van der Waals surface area (Å²) in [6.07, 6.45) is -2.83. The van der Waals surface area contributed by atoms with E-state index in [-0.39, 0.29) is 11.9 Å². The maximum Gasteiger partial charge on any atom is 0.442 e. The second-order valence-corrected chi connectivity index (χ2v) is 16.1. The fraction of sp³-hybridized carbons (Fsp3) is 0.262. The molecule has 54 heavy (non-hydrogen) atoms. The lowest BCUT2D eigenvalue weighted by molar-refractivity contribution is 0.00648. The maximum atomic E-state index is 13.1. The molecule has 0 aliphatic rings. The minimum atomic E-state index is -5.14. The highest BCUT2D eigenvalue weighted by Crippen LogP contribution is 2.49. The molecule has 0 saturated heterocycles. The molecule has 2 unspecified atom stereocenters. The van der Waals surface area contributed by atoms with E-state index in [2.05, 4.69) is 17.2 Å². The fourth-order valence-electron chi connectivity index (χ4n) is 6.38. The number of aromatic nitrogens is 3. The predicted octanol–water partition coefficient (Wildman–Crippen LogP) is 9.86. The molecule has 6 rings (SSSR count). The second-order valence-electron chi connectivity index (χ2n) is 14.4. The number of hydrogen-bond donors (Lipinski definition) is 1. The minimum absolute atomic E-state index is 0.141. The van der Waals surface area contributed by atoms with E-state index in [4.69, 9.17) is 19.2 Å². The number of halogens is 2. The monoisotopic (exact) mass is 753 g/mol. The standard InChI is InChI=1S/C42H42F2N3O6P/c1-28(2)51-38-25-32(21-24-35(38)39(48)52-41(3,4)5)31-19-15-29(16-20-31)26-42(33-11-7-6-8-12-33,47-37-14-10-9-13-36(37)45-46-47)27-30-17-22-34(23-18-30)53-54(49,50)40(43)44/h6-25,28,40H,26-27H2,1-5H3,(H,49,50). The van der Waals surface area contributed by atoms with Crippen LogP contribution in [-0.4, -0.2) is 43.7 Å². The zero-order valence-electron chi connectivity index (χ0n) is 30.6. The Balaban J connectivity index is 1.40. The first-order valence-electron chi connectivity index (χ1n) is 17.5. The van der Waals surface area contributed by atoms with Gasteiger partial charge in [0.05, 0.1) is 17.2 Å². The number of para-hydroxylation sites is 1. The molecule has 1 aromatic heterocycles. The molecular formula is C42H42F2N3O6P. The minimum Gasteiger partial charge on any atom is -0.490 e. The van der Waals surface area contributed by atoms with Crippen LogP contribution in [-0.2, 0) is 27.7 Å². The number of benzene rings is 5.